The summed E-state index contributed by atoms with van der Waals surface area (Å²) in [6.45, 7) is 3.57. The molecule has 4 rings (SSSR count). The molecule has 0 aliphatic carbocycles. The number of furan rings is 1. The molecule has 7 heteroatoms. The van der Waals surface area contributed by atoms with E-state index >= 15 is 0 Å². The number of hydrogen-bond donors (Lipinski definition) is 0. The first-order valence-corrected chi connectivity index (χ1v) is 9.11. The largest absolute Gasteiger partial charge is 0.459 e. The summed E-state index contributed by atoms with van der Waals surface area (Å²) in [7, 11) is 0. The van der Waals surface area contributed by atoms with Crippen LogP contribution in [0.4, 0.5) is 20.2 Å². The lowest BCUT2D eigenvalue weighted by Gasteiger charge is -2.40. The Labute approximate surface area is 166 Å². The normalized spacial score (nSPS) is 15.9. The van der Waals surface area contributed by atoms with Crippen LogP contribution in [0.5, 0.6) is 0 Å². The van der Waals surface area contributed by atoms with Crippen LogP contribution in [0.1, 0.15) is 24.4 Å². The lowest BCUT2D eigenvalue weighted by Crippen LogP contribution is -2.51. The number of fused-ring (bicyclic) bond motifs is 1. The van der Waals surface area contributed by atoms with Crippen LogP contribution in [0.2, 0.25) is 0 Å². The molecule has 2 heterocycles. The van der Waals surface area contributed by atoms with Crippen LogP contribution in [-0.4, -0.2) is 24.4 Å². The van der Waals surface area contributed by atoms with Crippen molar-refractivity contribution in [1.82, 2.24) is 0 Å². The van der Waals surface area contributed by atoms with E-state index in [9.17, 15) is 18.4 Å². The number of rotatable bonds is 2. The van der Waals surface area contributed by atoms with Crippen molar-refractivity contribution in [3.05, 3.63) is 72.2 Å². The molecule has 0 fully saturated rings. The zero-order chi connectivity index (χ0) is 20.7. The highest BCUT2D eigenvalue weighted by Crippen LogP contribution is 2.39. The van der Waals surface area contributed by atoms with Crippen molar-refractivity contribution in [1.29, 1.82) is 0 Å². The van der Waals surface area contributed by atoms with E-state index in [-0.39, 0.29) is 30.2 Å². The Morgan fingerprint density at radius 3 is 2.34 bits per heavy atom. The number of anilines is 2. The zero-order valence-electron chi connectivity index (χ0n) is 15.9. The van der Waals surface area contributed by atoms with Crippen LogP contribution in [0.25, 0.3) is 11.1 Å². The lowest BCUT2D eigenvalue weighted by atomic mass is 10.00. The molecule has 1 aliphatic rings. The minimum atomic E-state index is -0.694. The third-order valence-electron chi connectivity index (χ3n) is 4.93. The predicted octanol–water partition coefficient (Wildman–Crippen LogP) is 4.63. The van der Waals surface area contributed by atoms with Gasteiger partial charge in [-0.2, -0.15) is 0 Å². The molecule has 0 bridgehead atoms. The Morgan fingerprint density at radius 1 is 1.00 bits per heavy atom. The monoisotopic (exact) mass is 396 g/mol. The molecule has 1 aliphatic heterocycles. The van der Waals surface area contributed by atoms with E-state index in [0.29, 0.717) is 22.5 Å². The third-order valence-corrected chi connectivity index (χ3v) is 4.93. The molecule has 0 spiro atoms. The minimum Gasteiger partial charge on any atom is -0.459 e. The van der Waals surface area contributed by atoms with Gasteiger partial charge in [-0.15, -0.1) is 0 Å². The second-order valence-electron chi connectivity index (χ2n) is 6.99. The predicted molar refractivity (Wildman–Crippen MR) is 105 cm³/mol. The van der Waals surface area contributed by atoms with Gasteiger partial charge in [-0.25, -0.2) is 8.78 Å². The average molecular weight is 396 g/mol. The fourth-order valence-corrected chi connectivity index (χ4v) is 3.73. The van der Waals surface area contributed by atoms with Gasteiger partial charge >= 0.3 is 0 Å². The van der Waals surface area contributed by atoms with E-state index in [2.05, 4.69) is 0 Å². The molecule has 0 saturated carbocycles. The van der Waals surface area contributed by atoms with Gasteiger partial charge in [0.05, 0.1) is 23.7 Å². The van der Waals surface area contributed by atoms with Crippen LogP contribution in [0.3, 0.4) is 0 Å². The Bertz CT molecular complexity index is 1080. The molecule has 1 aromatic heterocycles. The van der Waals surface area contributed by atoms with E-state index in [1.807, 2.05) is 6.92 Å². The van der Waals surface area contributed by atoms with E-state index in [1.54, 1.807) is 35.2 Å². The average Bonchev–Trinajstić information content (AvgIpc) is 3.20. The quantitative estimate of drug-likeness (QED) is 0.635. The zero-order valence-corrected chi connectivity index (χ0v) is 15.9. The standard InChI is InChI=1S/C22H18F2N2O3/c1-13-12-25(22(28)21-4-3-7-29-21)20-10-15(5-6-19(20)26(13)14(2)27)16-8-17(23)11-18(24)9-16/h3-11,13H,12H2,1-2H3/t13-/m0/s1. The van der Waals surface area contributed by atoms with Gasteiger partial charge in [0, 0.05) is 19.5 Å². The van der Waals surface area contributed by atoms with Crippen LogP contribution >= 0.6 is 0 Å². The fraction of sp³-hybridized carbons (Fsp3) is 0.182. The summed E-state index contributed by atoms with van der Waals surface area (Å²) in [5.74, 6) is -1.73. The number of benzene rings is 2. The summed E-state index contributed by atoms with van der Waals surface area (Å²) in [5, 5.41) is 0. The van der Waals surface area contributed by atoms with Gasteiger partial charge in [0.2, 0.25) is 5.91 Å². The lowest BCUT2D eigenvalue weighted by molar-refractivity contribution is -0.117. The highest BCUT2D eigenvalue weighted by molar-refractivity contribution is 6.10. The molecule has 2 amide bonds. The molecule has 0 saturated heterocycles. The third kappa shape index (κ3) is 3.40. The summed E-state index contributed by atoms with van der Waals surface area (Å²) in [6.07, 6.45) is 1.41. The Morgan fingerprint density at radius 2 is 1.72 bits per heavy atom. The van der Waals surface area contributed by atoms with Crippen LogP contribution in [-0.2, 0) is 4.79 Å². The van der Waals surface area contributed by atoms with Gasteiger partial charge in [-0.1, -0.05) is 6.07 Å². The van der Waals surface area contributed by atoms with Crippen molar-refractivity contribution in [3.8, 4) is 11.1 Å². The summed E-state index contributed by atoms with van der Waals surface area (Å²) >= 11 is 0. The van der Waals surface area contributed by atoms with Crippen molar-refractivity contribution >= 4 is 23.2 Å². The molecule has 0 radical (unpaired) electrons. The highest BCUT2D eigenvalue weighted by Gasteiger charge is 2.35. The van der Waals surface area contributed by atoms with Gasteiger partial charge in [0.15, 0.2) is 5.76 Å². The van der Waals surface area contributed by atoms with E-state index in [1.165, 1.54) is 30.2 Å². The summed E-state index contributed by atoms with van der Waals surface area (Å²) < 4.78 is 32.6. The van der Waals surface area contributed by atoms with Crippen molar-refractivity contribution in [3.63, 3.8) is 0 Å². The molecule has 0 N–H and O–H groups in total. The van der Waals surface area contributed by atoms with Gasteiger partial charge in [-0.3, -0.25) is 9.59 Å². The summed E-state index contributed by atoms with van der Waals surface area (Å²) in [6, 6.07) is 11.2. The number of nitrogens with zero attached hydrogens (tertiary/aromatic N) is 2. The molecule has 148 valence electrons. The van der Waals surface area contributed by atoms with Crippen molar-refractivity contribution in [2.75, 3.05) is 16.3 Å². The summed E-state index contributed by atoms with van der Waals surface area (Å²) in [5.41, 5.74) is 1.89. The number of carbonyl (C=O) groups excluding carboxylic acids is 2. The van der Waals surface area contributed by atoms with Gasteiger partial charge in [-0.05, 0) is 54.4 Å². The van der Waals surface area contributed by atoms with E-state index < -0.39 is 11.6 Å². The first-order chi connectivity index (χ1) is 13.8. The maximum absolute atomic E-state index is 13.7. The maximum atomic E-state index is 13.7. The molecule has 3 aromatic rings. The Hall–Kier alpha value is -3.48. The minimum absolute atomic E-state index is 0.159. The fourth-order valence-electron chi connectivity index (χ4n) is 3.73. The van der Waals surface area contributed by atoms with E-state index in [0.717, 1.165) is 6.07 Å². The van der Waals surface area contributed by atoms with Crippen molar-refractivity contribution in [2.24, 2.45) is 0 Å². The topological polar surface area (TPSA) is 53.8 Å². The van der Waals surface area contributed by atoms with E-state index in [4.69, 9.17) is 4.42 Å². The number of hydrogen-bond acceptors (Lipinski definition) is 3. The van der Waals surface area contributed by atoms with Crippen LogP contribution < -0.4 is 9.80 Å². The van der Waals surface area contributed by atoms with Gasteiger partial charge in [0.25, 0.3) is 5.91 Å². The van der Waals surface area contributed by atoms with Gasteiger partial charge in [0.1, 0.15) is 11.6 Å². The first kappa shape index (κ1) is 18.9. The molecule has 5 nitrogen and oxygen atoms in total. The molecule has 29 heavy (non-hydrogen) atoms. The second kappa shape index (κ2) is 7.16. The maximum Gasteiger partial charge on any atom is 0.294 e. The Kier molecular flexibility index (Phi) is 4.66. The Balaban J connectivity index is 1.86. The molecule has 1 atom stereocenters. The first-order valence-electron chi connectivity index (χ1n) is 9.11. The molecule has 2 aromatic carbocycles. The van der Waals surface area contributed by atoms with Gasteiger partial charge < -0.3 is 14.2 Å². The second-order valence-corrected chi connectivity index (χ2v) is 6.99. The van der Waals surface area contributed by atoms with Crippen LogP contribution in [0, 0.1) is 11.6 Å². The SMILES string of the molecule is CC(=O)N1c2ccc(-c3cc(F)cc(F)c3)cc2N(C(=O)c2ccco2)C[C@@H]1C. The molecule has 0 unspecified atom stereocenters. The highest BCUT2D eigenvalue weighted by atomic mass is 19.1. The number of amides is 2. The number of halogens is 2. The number of carbonyl (C=O) groups is 2. The van der Waals surface area contributed by atoms with Crippen molar-refractivity contribution < 1.29 is 22.8 Å². The summed E-state index contributed by atoms with van der Waals surface area (Å²) in [4.78, 5) is 28.4. The van der Waals surface area contributed by atoms with Crippen molar-refractivity contribution in [2.45, 2.75) is 19.9 Å². The smallest absolute Gasteiger partial charge is 0.294 e. The molecular formula is C22H18F2N2O3. The molecular weight excluding hydrogens is 378 g/mol. The van der Waals surface area contributed by atoms with Crippen LogP contribution in [0.15, 0.2) is 59.2 Å².